The molecule has 0 radical (unpaired) electrons. The summed E-state index contributed by atoms with van der Waals surface area (Å²) in [5, 5.41) is 10.8. The molecule has 9 heteroatoms. The highest BCUT2D eigenvalue weighted by Crippen LogP contribution is 2.32. The molecule has 2 fully saturated rings. The van der Waals surface area contributed by atoms with Gasteiger partial charge in [0.25, 0.3) is 0 Å². The van der Waals surface area contributed by atoms with Crippen molar-refractivity contribution in [3.8, 4) is 0 Å². The SMILES string of the molecule is NC(=O)C(Cc1ccc2ccccc2c1)NC(=O)Nc1ccc(N2CCN(C3CCCCC3)CC2)c(NC(=O)/C=C/c2ccccc2)c1.[HH].[HH]. The molecule has 1 aliphatic carbocycles. The van der Waals surface area contributed by atoms with Gasteiger partial charge in [-0.25, -0.2) is 4.79 Å². The molecular formula is C39H48N6O3. The molecule has 0 spiro atoms. The summed E-state index contributed by atoms with van der Waals surface area (Å²) in [5.74, 6) is -0.897. The van der Waals surface area contributed by atoms with Crippen LogP contribution in [0.2, 0.25) is 0 Å². The van der Waals surface area contributed by atoms with Crippen molar-refractivity contribution in [3.63, 3.8) is 0 Å². The summed E-state index contributed by atoms with van der Waals surface area (Å²) in [5.41, 5.74) is 9.50. The number of amides is 4. The highest BCUT2D eigenvalue weighted by atomic mass is 16.2. The molecule has 1 heterocycles. The standard InChI is InChI=1S/C39H44N6O3.2H2/c40-38(47)35(26-29-15-17-30-11-7-8-12-31(30)25-29)43-39(48)41-32-18-19-36(45-23-21-44(22-24-45)33-13-5-2-6-14-33)34(27-32)42-37(46)20-16-28-9-3-1-4-10-28;;/h1,3-4,7-12,15-20,25,27,33,35H,2,5-6,13-14,21-24,26H2,(H2,40,47)(H,42,46)(H2,41,43,48);2*1H/b20-16+;;. The zero-order chi connectivity index (χ0) is 33.3. The summed E-state index contributed by atoms with van der Waals surface area (Å²) in [6.07, 6.45) is 10.0. The van der Waals surface area contributed by atoms with Crippen molar-refractivity contribution in [2.75, 3.05) is 41.7 Å². The van der Waals surface area contributed by atoms with Crippen LogP contribution in [0.1, 0.15) is 46.1 Å². The van der Waals surface area contributed by atoms with Crippen molar-refractivity contribution in [2.24, 2.45) is 5.73 Å². The van der Waals surface area contributed by atoms with Crippen LogP contribution in [0.4, 0.5) is 21.9 Å². The molecule has 4 aromatic rings. The number of hydrogen-bond donors (Lipinski definition) is 4. The maximum Gasteiger partial charge on any atom is 0.319 e. The quantitative estimate of drug-likeness (QED) is 0.144. The van der Waals surface area contributed by atoms with Crippen LogP contribution >= 0.6 is 0 Å². The van der Waals surface area contributed by atoms with Gasteiger partial charge in [0.15, 0.2) is 0 Å². The lowest BCUT2D eigenvalue weighted by Crippen LogP contribution is -2.51. The van der Waals surface area contributed by atoms with E-state index in [1.54, 1.807) is 12.1 Å². The van der Waals surface area contributed by atoms with Crippen LogP contribution in [0.5, 0.6) is 0 Å². The molecule has 5 N–H and O–H groups in total. The molecule has 0 bridgehead atoms. The lowest BCUT2D eigenvalue weighted by Gasteiger charge is -2.42. The second kappa shape index (κ2) is 15.6. The second-order valence-electron chi connectivity index (χ2n) is 12.7. The Bertz CT molecular complexity index is 1770. The van der Waals surface area contributed by atoms with Gasteiger partial charge in [0.1, 0.15) is 6.04 Å². The molecule has 6 rings (SSSR count). The van der Waals surface area contributed by atoms with E-state index in [0.717, 1.165) is 53.8 Å². The first-order valence-corrected chi connectivity index (χ1v) is 16.9. The number of urea groups is 1. The van der Waals surface area contributed by atoms with Gasteiger partial charge in [0, 0.05) is 53.3 Å². The molecule has 252 valence electrons. The van der Waals surface area contributed by atoms with E-state index in [0.29, 0.717) is 17.4 Å². The smallest absolute Gasteiger partial charge is 0.319 e. The van der Waals surface area contributed by atoms with Crippen molar-refractivity contribution in [3.05, 3.63) is 108 Å². The summed E-state index contributed by atoms with van der Waals surface area (Å²) < 4.78 is 0. The molecular weight excluding hydrogens is 600 g/mol. The van der Waals surface area contributed by atoms with E-state index in [4.69, 9.17) is 5.73 Å². The van der Waals surface area contributed by atoms with Crippen LogP contribution in [-0.4, -0.2) is 61.0 Å². The van der Waals surface area contributed by atoms with Crippen LogP contribution in [0, 0.1) is 0 Å². The van der Waals surface area contributed by atoms with Crippen molar-refractivity contribution in [1.82, 2.24) is 10.2 Å². The number of anilines is 3. The number of nitrogens with one attached hydrogen (secondary N) is 3. The second-order valence-corrected chi connectivity index (χ2v) is 12.7. The van der Waals surface area contributed by atoms with Crippen molar-refractivity contribution >= 4 is 51.8 Å². The summed E-state index contributed by atoms with van der Waals surface area (Å²) in [4.78, 5) is 43.5. The van der Waals surface area contributed by atoms with Crippen molar-refractivity contribution in [1.29, 1.82) is 0 Å². The number of carbonyl (C=O) groups excluding carboxylic acids is 3. The third-order valence-corrected chi connectivity index (χ3v) is 9.39. The van der Waals surface area contributed by atoms with E-state index in [1.807, 2.05) is 84.9 Å². The average molecular weight is 649 g/mol. The van der Waals surface area contributed by atoms with Gasteiger partial charge < -0.3 is 26.6 Å². The minimum atomic E-state index is -0.909. The molecule has 0 aromatic heterocycles. The Labute approximate surface area is 285 Å². The zero-order valence-corrected chi connectivity index (χ0v) is 27.2. The summed E-state index contributed by atoms with van der Waals surface area (Å²) in [6.45, 7) is 3.64. The van der Waals surface area contributed by atoms with E-state index >= 15 is 0 Å². The predicted octanol–water partition coefficient (Wildman–Crippen LogP) is 6.66. The summed E-state index contributed by atoms with van der Waals surface area (Å²) >= 11 is 0. The number of nitrogens with two attached hydrogens (primary N) is 1. The van der Waals surface area contributed by atoms with Gasteiger partial charge in [-0.05, 0) is 59.0 Å². The minimum Gasteiger partial charge on any atom is -0.368 e. The number of hydrogen-bond acceptors (Lipinski definition) is 5. The zero-order valence-electron chi connectivity index (χ0n) is 27.2. The van der Waals surface area contributed by atoms with E-state index in [2.05, 4.69) is 25.8 Å². The van der Waals surface area contributed by atoms with Crippen molar-refractivity contribution < 1.29 is 17.2 Å². The number of rotatable bonds is 10. The molecule has 1 saturated carbocycles. The van der Waals surface area contributed by atoms with Gasteiger partial charge in [0.05, 0.1) is 11.4 Å². The van der Waals surface area contributed by atoms with Crippen LogP contribution in [-0.2, 0) is 16.0 Å². The van der Waals surface area contributed by atoms with Gasteiger partial charge in [0.2, 0.25) is 11.8 Å². The van der Waals surface area contributed by atoms with Crippen LogP contribution < -0.4 is 26.6 Å². The Hall–Kier alpha value is -5.15. The van der Waals surface area contributed by atoms with Gasteiger partial charge in [-0.3, -0.25) is 14.5 Å². The molecule has 1 atom stereocenters. The maximum atomic E-state index is 13.2. The Morgan fingerprint density at radius 2 is 1.54 bits per heavy atom. The van der Waals surface area contributed by atoms with Crippen LogP contribution in [0.25, 0.3) is 16.8 Å². The fraction of sp³-hybridized carbons (Fsp3) is 0.308. The first kappa shape index (κ1) is 32.8. The van der Waals surface area contributed by atoms with E-state index < -0.39 is 18.0 Å². The largest absolute Gasteiger partial charge is 0.368 e. The molecule has 2 aliphatic rings. The van der Waals surface area contributed by atoms with E-state index in [9.17, 15) is 14.4 Å². The molecule has 48 heavy (non-hydrogen) atoms. The number of piperazine rings is 1. The van der Waals surface area contributed by atoms with Gasteiger partial charge >= 0.3 is 6.03 Å². The predicted molar refractivity (Wildman–Crippen MR) is 198 cm³/mol. The number of nitrogens with zero attached hydrogens (tertiary/aromatic N) is 2. The first-order valence-electron chi connectivity index (χ1n) is 16.9. The molecule has 4 amide bonds. The number of fused-ring (bicyclic) bond motifs is 1. The summed E-state index contributed by atoms with van der Waals surface area (Å²) in [7, 11) is 0. The summed E-state index contributed by atoms with van der Waals surface area (Å²) in [6, 6.07) is 28.3. The average Bonchev–Trinajstić information content (AvgIpc) is 3.11. The lowest BCUT2D eigenvalue weighted by atomic mass is 9.94. The molecule has 9 nitrogen and oxygen atoms in total. The normalized spacial score (nSPS) is 16.5. The molecule has 4 aromatic carbocycles. The minimum absolute atomic E-state index is 0. The highest BCUT2D eigenvalue weighted by Gasteiger charge is 2.26. The Balaban J connectivity index is 0.00000281. The Morgan fingerprint density at radius 1 is 0.812 bits per heavy atom. The van der Waals surface area contributed by atoms with Gasteiger partial charge in [-0.15, -0.1) is 0 Å². The maximum absolute atomic E-state index is 13.2. The number of carbonyl (C=O) groups is 3. The molecule has 1 aliphatic heterocycles. The fourth-order valence-corrected chi connectivity index (χ4v) is 6.82. The van der Waals surface area contributed by atoms with Crippen LogP contribution in [0.15, 0.2) is 97.1 Å². The third kappa shape index (κ3) is 8.60. The van der Waals surface area contributed by atoms with Gasteiger partial charge in [-0.1, -0.05) is 92.1 Å². The lowest BCUT2D eigenvalue weighted by molar-refractivity contribution is -0.119. The van der Waals surface area contributed by atoms with E-state index in [-0.39, 0.29) is 15.2 Å². The first-order chi connectivity index (χ1) is 23.4. The topological polar surface area (TPSA) is 120 Å². The fourth-order valence-electron chi connectivity index (χ4n) is 6.82. The Morgan fingerprint density at radius 3 is 2.29 bits per heavy atom. The molecule has 1 saturated heterocycles. The number of benzene rings is 4. The Kier molecular flexibility index (Phi) is 10.7. The highest BCUT2D eigenvalue weighted by molar-refractivity contribution is 6.04. The van der Waals surface area contributed by atoms with E-state index in [1.165, 1.54) is 38.2 Å². The van der Waals surface area contributed by atoms with Crippen molar-refractivity contribution in [2.45, 2.75) is 50.6 Å². The van der Waals surface area contributed by atoms with Crippen LogP contribution in [0.3, 0.4) is 0 Å². The van der Waals surface area contributed by atoms with Gasteiger partial charge in [-0.2, -0.15) is 0 Å². The third-order valence-electron chi connectivity index (χ3n) is 9.39. The monoisotopic (exact) mass is 648 g/mol. The number of primary amides is 1. The molecule has 1 unspecified atom stereocenters.